The topological polar surface area (TPSA) is 97.5 Å². The van der Waals surface area contributed by atoms with E-state index in [1.165, 1.54) is 0 Å². The van der Waals surface area contributed by atoms with E-state index in [4.69, 9.17) is 9.51 Å². The Morgan fingerprint density at radius 3 is 2.81 bits per heavy atom. The molecule has 0 amide bonds. The normalized spacial score (nSPS) is 15.6. The van der Waals surface area contributed by atoms with Crippen LogP contribution in [0.2, 0.25) is 0 Å². The molecule has 0 bridgehead atoms. The highest BCUT2D eigenvalue weighted by molar-refractivity contribution is 5.91. The van der Waals surface area contributed by atoms with Crippen molar-refractivity contribution in [1.29, 1.82) is 0 Å². The number of aromatic nitrogens is 6. The Balaban J connectivity index is 1.52. The van der Waals surface area contributed by atoms with Crippen LogP contribution in [0.5, 0.6) is 0 Å². The average molecular weight is 363 g/mol. The Morgan fingerprint density at radius 2 is 1.96 bits per heavy atom. The highest BCUT2D eigenvalue weighted by Crippen LogP contribution is 2.30. The molecule has 1 saturated heterocycles. The molecule has 8 heteroatoms. The summed E-state index contributed by atoms with van der Waals surface area (Å²) in [4.78, 5) is 12.8. The second-order valence-electron chi connectivity index (χ2n) is 7.03. The maximum absolute atomic E-state index is 5.56. The molecule has 138 valence electrons. The molecule has 4 aromatic rings. The number of nitrogens with one attached hydrogen (secondary N) is 2. The third-order valence-electron chi connectivity index (χ3n) is 5.21. The number of fused-ring (bicyclic) bond motifs is 1. The van der Waals surface area contributed by atoms with Crippen LogP contribution in [0.25, 0.3) is 34.0 Å². The fourth-order valence-electron chi connectivity index (χ4n) is 3.81. The summed E-state index contributed by atoms with van der Waals surface area (Å²) in [6, 6.07) is 7.94. The van der Waals surface area contributed by atoms with Gasteiger partial charge in [0.2, 0.25) is 5.82 Å². The van der Waals surface area contributed by atoms with Crippen molar-refractivity contribution in [3.63, 3.8) is 0 Å². The number of imidazole rings is 1. The summed E-state index contributed by atoms with van der Waals surface area (Å²) in [5.41, 5.74) is 3.43. The maximum atomic E-state index is 5.56. The van der Waals surface area contributed by atoms with Crippen LogP contribution in [0.3, 0.4) is 0 Å². The molecule has 0 radical (unpaired) electrons. The number of aromatic amines is 1. The van der Waals surface area contributed by atoms with Crippen molar-refractivity contribution in [1.82, 2.24) is 35.2 Å². The zero-order valence-electron chi connectivity index (χ0n) is 15.4. The summed E-state index contributed by atoms with van der Waals surface area (Å²) < 4.78 is 7.35. The van der Waals surface area contributed by atoms with Gasteiger partial charge in [0.1, 0.15) is 17.2 Å². The average Bonchev–Trinajstić information content (AvgIpc) is 3.38. The molecule has 5 rings (SSSR count). The van der Waals surface area contributed by atoms with E-state index in [9.17, 15) is 0 Å². The lowest BCUT2D eigenvalue weighted by atomic mass is 9.98. The molecule has 27 heavy (non-hydrogen) atoms. The van der Waals surface area contributed by atoms with Crippen LogP contribution in [0, 0.1) is 6.92 Å². The third-order valence-corrected chi connectivity index (χ3v) is 5.21. The molecule has 1 aliphatic heterocycles. The highest BCUT2D eigenvalue weighted by atomic mass is 16.5. The second-order valence-corrected chi connectivity index (χ2v) is 7.03. The number of nitrogens with zero attached hydrogens (tertiary/aromatic N) is 5. The first-order chi connectivity index (χ1) is 13.2. The number of benzene rings is 1. The maximum Gasteiger partial charge on any atom is 0.278 e. The van der Waals surface area contributed by atoms with Gasteiger partial charge in [0, 0.05) is 24.0 Å². The van der Waals surface area contributed by atoms with Crippen molar-refractivity contribution in [2.75, 3.05) is 13.1 Å². The monoisotopic (exact) mass is 363 g/mol. The first-order valence-electron chi connectivity index (χ1n) is 9.24. The van der Waals surface area contributed by atoms with Crippen LogP contribution >= 0.6 is 0 Å². The van der Waals surface area contributed by atoms with Gasteiger partial charge >= 0.3 is 0 Å². The van der Waals surface area contributed by atoms with E-state index < -0.39 is 0 Å². The molecule has 3 aromatic heterocycles. The molecule has 0 unspecified atom stereocenters. The molecule has 4 heterocycles. The summed E-state index contributed by atoms with van der Waals surface area (Å²) in [5, 5.41) is 13.1. The molecule has 0 atom stereocenters. The van der Waals surface area contributed by atoms with E-state index in [1.54, 1.807) is 4.68 Å². The van der Waals surface area contributed by atoms with E-state index in [-0.39, 0.29) is 0 Å². The van der Waals surface area contributed by atoms with Crippen LogP contribution in [0.1, 0.15) is 30.3 Å². The van der Waals surface area contributed by atoms with Gasteiger partial charge in [0.25, 0.3) is 5.89 Å². The number of rotatable bonds is 3. The van der Waals surface area contributed by atoms with Crippen LogP contribution < -0.4 is 5.32 Å². The fraction of sp³-hybridized carbons (Fsp3) is 0.368. The first kappa shape index (κ1) is 16.2. The van der Waals surface area contributed by atoms with Gasteiger partial charge in [-0.3, -0.25) is 4.68 Å². The Labute approximate surface area is 156 Å². The van der Waals surface area contributed by atoms with E-state index in [1.807, 2.05) is 38.2 Å². The minimum atomic E-state index is 0.434. The lowest BCUT2D eigenvalue weighted by Gasteiger charge is -2.20. The summed E-state index contributed by atoms with van der Waals surface area (Å²) in [6.07, 6.45) is 2.17. The van der Waals surface area contributed by atoms with Crippen molar-refractivity contribution in [3.8, 4) is 23.1 Å². The van der Waals surface area contributed by atoms with E-state index >= 15 is 0 Å². The van der Waals surface area contributed by atoms with Crippen LogP contribution in [0.4, 0.5) is 0 Å². The van der Waals surface area contributed by atoms with E-state index in [0.29, 0.717) is 17.6 Å². The first-order valence-corrected chi connectivity index (χ1v) is 9.24. The van der Waals surface area contributed by atoms with Gasteiger partial charge in [-0.2, -0.15) is 10.1 Å². The summed E-state index contributed by atoms with van der Waals surface area (Å²) in [6.45, 7) is 4.05. The Morgan fingerprint density at radius 1 is 1.15 bits per heavy atom. The minimum Gasteiger partial charge on any atom is -0.345 e. The van der Waals surface area contributed by atoms with Gasteiger partial charge < -0.3 is 14.8 Å². The van der Waals surface area contributed by atoms with Crippen molar-refractivity contribution < 1.29 is 4.52 Å². The lowest BCUT2D eigenvalue weighted by molar-refractivity contribution is 0.429. The van der Waals surface area contributed by atoms with Crippen LogP contribution in [0.15, 0.2) is 28.8 Å². The number of aryl methyl sites for hydroxylation is 2. The van der Waals surface area contributed by atoms with Gasteiger partial charge in [-0.15, -0.1) is 0 Å². The predicted octanol–water partition coefficient (Wildman–Crippen LogP) is 2.79. The number of H-pyrrole nitrogens is 1. The smallest absolute Gasteiger partial charge is 0.278 e. The van der Waals surface area contributed by atoms with Crippen LogP contribution in [-0.2, 0) is 7.05 Å². The lowest BCUT2D eigenvalue weighted by Crippen LogP contribution is -2.27. The molecular formula is C19H21N7O. The zero-order chi connectivity index (χ0) is 18.4. The van der Waals surface area contributed by atoms with E-state index in [0.717, 1.165) is 59.7 Å². The Hall–Kier alpha value is -3.00. The standard InChI is InChI=1S/C19H21N7O/c1-11-15(22-17(21-11)12-7-9-20-10-8-12)19-23-18(25-27-19)16-13-5-3-4-6-14(13)24-26(16)2/h3-6,12,20H,7-10H2,1-2H3,(H,21,22). The molecule has 0 aliphatic carbocycles. The summed E-state index contributed by atoms with van der Waals surface area (Å²) in [5.74, 6) is 2.41. The SMILES string of the molecule is Cc1[nH]c(C2CCNCC2)nc1-c1nc(-c2c3ccccc3nn2C)no1. The van der Waals surface area contributed by atoms with Crippen molar-refractivity contribution in [2.24, 2.45) is 7.05 Å². The van der Waals surface area contributed by atoms with Gasteiger partial charge in [-0.1, -0.05) is 23.4 Å². The van der Waals surface area contributed by atoms with E-state index in [2.05, 4.69) is 25.5 Å². The van der Waals surface area contributed by atoms with Crippen molar-refractivity contribution in [3.05, 3.63) is 35.8 Å². The molecular weight excluding hydrogens is 342 g/mol. The largest absolute Gasteiger partial charge is 0.345 e. The molecule has 1 aromatic carbocycles. The summed E-state index contributed by atoms with van der Waals surface area (Å²) in [7, 11) is 1.89. The summed E-state index contributed by atoms with van der Waals surface area (Å²) >= 11 is 0. The quantitative estimate of drug-likeness (QED) is 0.581. The second kappa shape index (κ2) is 6.31. The number of piperidine rings is 1. The molecule has 1 aliphatic rings. The van der Waals surface area contributed by atoms with Crippen molar-refractivity contribution in [2.45, 2.75) is 25.7 Å². The minimum absolute atomic E-state index is 0.434. The van der Waals surface area contributed by atoms with Gasteiger partial charge in [0.15, 0.2) is 0 Å². The molecule has 0 spiro atoms. The van der Waals surface area contributed by atoms with Crippen molar-refractivity contribution >= 4 is 10.9 Å². The molecule has 2 N–H and O–H groups in total. The zero-order valence-corrected chi connectivity index (χ0v) is 15.4. The van der Waals surface area contributed by atoms with Gasteiger partial charge in [-0.25, -0.2) is 4.98 Å². The van der Waals surface area contributed by atoms with Crippen LogP contribution in [-0.4, -0.2) is 43.0 Å². The van der Waals surface area contributed by atoms with Gasteiger partial charge in [-0.05, 0) is 38.9 Å². The third kappa shape index (κ3) is 2.73. The predicted molar refractivity (Wildman–Crippen MR) is 101 cm³/mol. The Kier molecular flexibility index (Phi) is 3.78. The van der Waals surface area contributed by atoms with Gasteiger partial charge in [0.05, 0.1) is 5.52 Å². The molecule has 0 saturated carbocycles. The molecule has 8 nitrogen and oxygen atoms in total. The Bertz CT molecular complexity index is 1100. The molecule has 1 fully saturated rings. The fourth-order valence-corrected chi connectivity index (χ4v) is 3.81. The number of hydrogen-bond donors (Lipinski definition) is 2. The number of hydrogen-bond acceptors (Lipinski definition) is 6. The highest BCUT2D eigenvalue weighted by Gasteiger charge is 2.24.